The van der Waals surface area contributed by atoms with Crippen LogP contribution in [0.25, 0.3) is 0 Å². The number of carbonyl (C=O) groups is 1. The summed E-state index contributed by atoms with van der Waals surface area (Å²) in [5.41, 5.74) is 0. The number of ether oxygens (including phenoxy) is 1. The summed E-state index contributed by atoms with van der Waals surface area (Å²) in [6.45, 7) is 3.98. The maximum Gasteiger partial charge on any atom is 0.222 e. The van der Waals surface area contributed by atoms with Crippen molar-refractivity contribution in [3.8, 4) is 0 Å². The van der Waals surface area contributed by atoms with Gasteiger partial charge in [0.2, 0.25) is 5.91 Å². The quantitative estimate of drug-likeness (QED) is 0.642. The van der Waals surface area contributed by atoms with Gasteiger partial charge in [0, 0.05) is 19.6 Å². The van der Waals surface area contributed by atoms with E-state index in [2.05, 4.69) is 5.32 Å². The van der Waals surface area contributed by atoms with Gasteiger partial charge in [0.15, 0.2) is 0 Å². The molecule has 0 bridgehead atoms. The molecule has 1 rings (SSSR count). The number of carbonyl (C=O) groups excluding carboxylic acids is 1. The lowest BCUT2D eigenvalue weighted by molar-refractivity contribution is -0.122. The Morgan fingerprint density at radius 2 is 2.25 bits per heavy atom. The van der Waals surface area contributed by atoms with Crippen LogP contribution in [0.3, 0.4) is 0 Å². The summed E-state index contributed by atoms with van der Waals surface area (Å²) >= 11 is 0. The molecule has 1 aliphatic carbocycles. The summed E-state index contributed by atoms with van der Waals surface area (Å²) in [6.07, 6.45) is 3.99. The van der Waals surface area contributed by atoms with Gasteiger partial charge in [-0.2, -0.15) is 0 Å². The predicted molar refractivity (Wildman–Crippen MR) is 62.1 cm³/mol. The SMILES string of the molecule is CCCOCCC(=O)NCC1CCC(O)C1. The number of hydrogen-bond acceptors (Lipinski definition) is 3. The van der Waals surface area contributed by atoms with Crippen molar-refractivity contribution in [1.82, 2.24) is 5.32 Å². The topological polar surface area (TPSA) is 58.6 Å². The van der Waals surface area contributed by atoms with Crippen LogP contribution >= 0.6 is 0 Å². The Balaban J connectivity index is 1.97. The third kappa shape index (κ3) is 5.47. The monoisotopic (exact) mass is 229 g/mol. The minimum atomic E-state index is -0.158. The molecule has 1 aliphatic rings. The highest BCUT2D eigenvalue weighted by Gasteiger charge is 2.22. The van der Waals surface area contributed by atoms with Gasteiger partial charge < -0.3 is 15.2 Å². The summed E-state index contributed by atoms with van der Waals surface area (Å²) in [7, 11) is 0. The minimum absolute atomic E-state index is 0.0532. The molecule has 1 amide bonds. The second-order valence-corrected chi connectivity index (χ2v) is 4.50. The first-order valence-corrected chi connectivity index (χ1v) is 6.25. The van der Waals surface area contributed by atoms with Crippen molar-refractivity contribution < 1.29 is 14.6 Å². The van der Waals surface area contributed by atoms with E-state index < -0.39 is 0 Å². The smallest absolute Gasteiger partial charge is 0.222 e. The molecule has 2 unspecified atom stereocenters. The van der Waals surface area contributed by atoms with Crippen LogP contribution in [0.2, 0.25) is 0 Å². The Hall–Kier alpha value is -0.610. The molecule has 4 nitrogen and oxygen atoms in total. The van der Waals surface area contributed by atoms with Crippen LogP contribution in [0.1, 0.15) is 39.0 Å². The Kier molecular flexibility index (Phi) is 6.42. The van der Waals surface area contributed by atoms with E-state index in [9.17, 15) is 9.90 Å². The fourth-order valence-corrected chi connectivity index (χ4v) is 1.99. The zero-order chi connectivity index (χ0) is 11.8. The second kappa shape index (κ2) is 7.63. The highest BCUT2D eigenvalue weighted by molar-refractivity contribution is 5.75. The first kappa shape index (κ1) is 13.5. The van der Waals surface area contributed by atoms with Gasteiger partial charge in [-0.1, -0.05) is 6.92 Å². The van der Waals surface area contributed by atoms with Crippen molar-refractivity contribution >= 4 is 5.91 Å². The fourth-order valence-electron chi connectivity index (χ4n) is 1.99. The van der Waals surface area contributed by atoms with Crippen molar-refractivity contribution in [2.75, 3.05) is 19.8 Å². The lowest BCUT2D eigenvalue weighted by Crippen LogP contribution is -2.29. The minimum Gasteiger partial charge on any atom is -0.393 e. The summed E-state index contributed by atoms with van der Waals surface area (Å²) in [5, 5.41) is 12.2. The van der Waals surface area contributed by atoms with E-state index in [4.69, 9.17) is 4.74 Å². The Labute approximate surface area is 97.4 Å². The molecule has 94 valence electrons. The first-order valence-electron chi connectivity index (χ1n) is 6.25. The van der Waals surface area contributed by atoms with E-state index in [-0.39, 0.29) is 12.0 Å². The molecule has 1 saturated carbocycles. The number of aliphatic hydroxyl groups excluding tert-OH is 1. The standard InChI is InChI=1S/C12H23NO3/c1-2-6-16-7-5-12(15)13-9-10-3-4-11(14)8-10/h10-11,14H,2-9H2,1H3,(H,13,15). The molecule has 0 radical (unpaired) electrons. The highest BCUT2D eigenvalue weighted by Crippen LogP contribution is 2.24. The van der Waals surface area contributed by atoms with Gasteiger partial charge in [0.25, 0.3) is 0 Å². The van der Waals surface area contributed by atoms with Gasteiger partial charge in [-0.3, -0.25) is 4.79 Å². The van der Waals surface area contributed by atoms with E-state index in [0.717, 1.165) is 32.3 Å². The molecule has 0 aromatic carbocycles. The number of rotatable bonds is 7. The van der Waals surface area contributed by atoms with Gasteiger partial charge in [0.1, 0.15) is 0 Å². The Morgan fingerprint density at radius 3 is 2.88 bits per heavy atom. The van der Waals surface area contributed by atoms with E-state index >= 15 is 0 Å². The third-order valence-electron chi connectivity index (χ3n) is 2.92. The average molecular weight is 229 g/mol. The first-order chi connectivity index (χ1) is 7.72. The number of nitrogens with one attached hydrogen (secondary N) is 1. The van der Waals surface area contributed by atoms with Gasteiger partial charge in [-0.25, -0.2) is 0 Å². The van der Waals surface area contributed by atoms with Gasteiger partial charge >= 0.3 is 0 Å². The molecule has 0 aromatic heterocycles. The zero-order valence-electron chi connectivity index (χ0n) is 10.1. The number of amides is 1. The molecular weight excluding hydrogens is 206 g/mol. The predicted octanol–water partition coefficient (Wildman–Crippen LogP) is 1.08. The molecule has 16 heavy (non-hydrogen) atoms. The van der Waals surface area contributed by atoms with E-state index in [1.165, 1.54) is 0 Å². The lowest BCUT2D eigenvalue weighted by Gasteiger charge is -2.10. The summed E-state index contributed by atoms with van der Waals surface area (Å²) in [5.74, 6) is 0.507. The lowest BCUT2D eigenvalue weighted by atomic mass is 10.1. The molecule has 0 saturated heterocycles. The summed E-state index contributed by atoms with van der Waals surface area (Å²) in [4.78, 5) is 11.4. The molecule has 4 heteroatoms. The van der Waals surface area contributed by atoms with E-state index in [1.807, 2.05) is 6.92 Å². The molecular formula is C12H23NO3. The van der Waals surface area contributed by atoms with Gasteiger partial charge in [-0.05, 0) is 31.6 Å². The van der Waals surface area contributed by atoms with Crippen LogP contribution in [-0.4, -0.2) is 36.9 Å². The number of hydrogen-bond donors (Lipinski definition) is 2. The Morgan fingerprint density at radius 1 is 1.44 bits per heavy atom. The largest absolute Gasteiger partial charge is 0.393 e. The van der Waals surface area contributed by atoms with Crippen LogP contribution < -0.4 is 5.32 Å². The zero-order valence-corrected chi connectivity index (χ0v) is 10.1. The number of aliphatic hydroxyl groups is 1. The molecule has 0 aromatic rings. The Bertz CT molecular complexity index is 208. The van der Waals surface area contributed by atoms with Crippen LogP contribution in [-0.2, 0) is 9.53 Å². The third-order valence-corrected chi connectivity index (χ3v) is 2.92. The normalized spacial score (nSPS) is 24.6. The van der Waals surface area contributed by atoms with Crippen LogP contribution in [0.15, 0.2) is 0 Å². The van der Waals surface area contributed by atoms with E-state index in [1.54, 1.807) is 0 Å². The molecule has 0 aliphatic heterocycles. The molecule has 0 heterocycles. The van der Waals surface area contributed by atoms with Gasteiger partial charge in [-0.15, -0.1) is 0 Å². The molecule has 2 N–H and O–H groups in total. The van der Waals surface area contributed by atoms with Crippen molar-refractivity contribution in [3.63, 3.8) is 0 Å². The second-order valence-electron chi connectivity index (χ2n) is 4.50. The molecule has 1 fully saturated rings. The van der Waals surface area contributed by atoms with Crippen molar-refractivity contribution in [3.05, 3.63) is 0 Å². The summed E-state index contributed by atoms with van der Waals surface area (Å²) in [6, 6.07) is 0. The molecule has 2 atom stereocenters. The van der Waals surface area contributed by atoms with E-state index in [0.29, 0.717) is 25.5 Å². The van der Waals surface area contributed by atoms with Crippen LogP contribution in [0.5, 0.6) is 0 Å². The van der Waals surface area contributed by atoms with Crippen molar-refractivity contribution in [2.24, 2.45) is 5.92 Å². The maximum atomic E-state index is 11.4. The van der Waals surface area contributed by atoms with Crippen molar-refractivity contribution in [2.45, 2.75) is 45.1 Å². The van der Waals surface area contributed by atoms with Crippen LogP contribution in [0, 0.1) is 5.92 Å². The maximum absolute atomic E-state index is 11.4. The highest BCUT2D eigenvalue weighted by atomic mass is 16.5. The fraction of sp³-hybridized carbons (Fsp3) is 0.917. The average Bonchev–Trinajstić information content (AvgIpc) is 2.68. The van der Waals surface area contributed by atoms with Crippen LogP contribution in [0.4, 0.5) is 0 Å². The summed E-state index contributed by atoms with van der Waals surface area (Å²) < 4.78 is 5.24. The molecule has 0 spiro atoms. The van der Waals surface area contributed by atoms with Gasteiger partial charge in [0.05, 0.1) is 12.7 Å². The van der Waals surface area contributed by atoms with Crippen molar-refractivity contribution in [1.29, 1.82) is 0 Å².